The van der Waals surface area contributed by atoms with Gasteiger partial charge in [0.25, 0.3) is 0 Å². The zero-order valence-corrected chi connectivity index (χ0v) is 12.0. The van der Waals surface area contributed by atoms with E-state index in [2.05, 4.69) is 43.3 Å². The van der Waals surface area contributed by atoms with Crippen LogP contribution < -0.4 is 10.6 Å². The molecular weight excluding hydrogens is 210 g/mol. The molecule has 0 aromatic carbocycles. The summed E-state index contributed by atoms with van der Waals surface area (Å²) >= 11 is 0. The van der Waals surface area contributed by atoms with Gasteiger partial charge in [0.15, 0.2) is 5.96 Å². The second kappa shape index (κ2) is 6.87. The molecule has 3 heteroatoms. The van der Waals surface area contributed by atoms with Gasteiger partial charge >= 0.3 is 0 Å². The molecule has 1 fully saturated rings. The molecule has 1 aliphatic carbocycles. The van der Waals surface area contributed by atoms with Crippen LogP contribution in [-0.2, 0) is 0 Å². The van der Waals surface area contributed by atoms with Crippen LogP contribution in [0, 0.1) is 5.41 Å². The second-order valence-electron chi connectivity index (χ2n) is 6.20. The number of guanidine groups is 1. The van der Waals surface area contributed by atoms with E-state index in [0.29, 0.717) is 11.5 Å². The van der Waals surface area contributed by atoms with Crippen molar-refractivity contribution in [3.63, 3.8) is 0 Å². The lowest BCUT2D eigenvalue weighted by Crippen LogP contribution is -2.38. The summed E-state index contributed by atoms with van der Waals surface area (Å²) < 4.78 is 0. The van der Waals surface area contributed by atoms with Gasteiger partial charge in [0.05, 0.1) is 0 Å². The number of aliphatic imine (C=N–C) groups is 1. The van der Waals surface area contributed by atoms with Crippen molar-refractivity contribution >= 4 is 5.96 Å². The third kappa shape index (κ3) is 8.06. The fourth-order valence-electron chi connectivity index (χ4n) is 1.70. The van der Waals surface area contributed by atoms with Crippen molar-refractivity contribution in [1.82, 2.24) is 10.6 Å². The molecule has 0 amide bonds. The van der Waals surface area contributed by atoms with Crippen molar-refractivity contribution in [3.05, 3.63) is 0 Å². The number of hydrogen-bond acceptors (Lipinski definition) is 1. The van der Waals surface area contributed by atoms with Crippen molar-refractivity contribution in [2.45, 2.75) is 65.8 Å². The summed E-state index contributed by atoms with van der Waals surface area (Å²) in [5.41, 5.74) is 0.459. The van der Waals surface area contributed by atoms with E-state index in [4.69, 9.17) is 0 Å². The second-order valence-corrected chi connectivity index (χ2v) is 6.20. The maximum absolute atomic E-state index is 4.61. The first-order valence-corrected chi connectivity index (χ1v) is 7.06. The van der Waals surface area contributed by atoms with Crippen molar-refractivity contribution in [3.8, 4) is 0 Å². The Morgan fingerprint density at radius 3 is 2.47 bits per heavy atom. The summed E-state index contributed by atoms with van der Waals surface area (Å²) in [5, 5.41) is 6.74. The van der Waals surface area contributed by atoms with Crippen LogP contribution in [0.25, 0.3) is 0 Å². The molecule has 1 rings (SSSR count). The summed E-state index contributed by atoms with van der Waals surface area (Å²) in [6.07, 6.45) is 6.35. The van der Waals surface area contributed by atoms with Crippen molar-refractivity contribution in [2.75, 3.05) is 13.1 Å². The number of nitrogens with zero attached hydrogens (tertiary/aromatic N) is 1. The van der Waals surface area contributed by atoms with Crippen LogP contribution in [0.15, 0.2) is 4.99 Å². The normalized spacial score (nSPS) is 17.1. The Balaban J connectivity index is 2.14. The Kier molecular flexibility index (Phi) is 5.79. The van der Waals surface area contributed by atoms with Crippen LogP contribution in [0.1, 0.15) is 59.8 Å². The molecule has 0 aromatic heterocycles. The van der Waals surface area contributed by atoms with Gasteiger partial charge in [-0.15, -0.1) is 0 Å². The van der Waals surface area contributed by atoms with Gasteiger partial charge < -0.3 is 10.6 Å². The monoisotopic (exact) mass is 239 g/mol. The molecule has 0 unspecified atom stereocenters. The van der Waals surface area contributed by atoms with E-state index in [0.717, 1.165) is 19.0 Å². The third-order valence-electron chi connectivity index (χ3n) is 2.87. The Labute approximate surface area is 106 Å². The predicted octanol–water partition coefficient (Wildman–Crippen LogP) is 2.92. The summed E-state index contributed by atoms with van der Waals surface area (Å²) in [6.45, 7) is 10.9. The first-order valence-electron chi connectivity index (χ1n) is 7.06. The maximum Gasteiger partial charge on any atom is 0.191 e. The first-order chi connectivity index (χ1) is 8.01. The van der Waals surface area contributed by atoms with E-state index in [1.807, 2.05) is 0 Å². The standard InChI is InChI=1S/C14H29N3/c1-5-15-13(17-12-8-9-12)16-11-7-6-10-14(2,3)4/h12H,5-11H2,1-4H3,(H2,15,16,17). The molecule has 0 aliphatic heterocycles. The molecule has 2 N–H and O–H groups in total. The Bertz CT molecular complexity index is 236. The molecule has 1 aliphatic rings. The van der Waals surface area contributed by atoms with E-state index < -0.39 is 0 Å². The Hall–Kier alpha value is -0.730. The largest absolute Gasteiger partial charge is 0.357 e. The molecule has 0 heterocycles. The molecule has 100 valence electrons. The van der Waals surface area contributed by atoms with Crippen LogP contribution in [0.3, 0.4) is 0 Å². The Morgan fingerprint density at radius 1 is 1.24 bits per heavy atom. The third-order valence-corrected chi connectivity index (χ3v) is 2.87. The fourth-order valence-corrected chi connectivity index (χ4v) is 1.70. The minimum absolute atomic E-state index is 0.459. The SMILES string of the molecule is CCNC(=NCCCCC(C)(C)C)NC1CC1. The van der Waals surface area contributed by atoms with E-state index in [-0.39, 0.29) is 0 Å². The number of nitrogens with one attached hydrogen (secondary N) is 2. The lowest BCUT2D eigenvalue weighted by molar-refractivity contribution is 0.361. The zero-order valence-electron chi connectivity index (χ0n) is 12.0. The lowest BCUT2D eigenvalue weighted by atomic mass is 9.90. The van der Waals surface area contributed by atoms with Crippen LogP contribution in [0.2, 0.25) is 0 Å². The average Bonchev–Trinajstić information content (AvgIpc) is 2.99. The number of unbranched alkanes of at least 4 members (excludes halogenated alkanes) is 1. The van der Waals surface area contributed by atoms with Gasteiger partial charge in [-0.2, -0.15) is 0 Å². The Morgan fingerprint density at radius 2 is 1.94 bits per heavy atom. The topological polar surface area (TPSA) is 36.4 Å². The molecule has 0 aromatic rings. The van der Waals surface area contributed by atoms with Gasteiger partial charge in [-0.1, -0.05) is 27.2 Å². The van der Waals surface area contributed by atoms with E-state index in [9.17, 15) is 0 Å². The molecule has 0 radical (unpaired) electrons. The summed E-state index contributed by atoms with van der Waals surface area (Å²) in [4.78, 5) is 4.61. The van der Waals surface area contributed by atoms with Crippen LogP contribution >= 0.6 is 0 Å². The van der Waals surface area contributed by atoms with Gasteiger partial charge in [-0.3, -0.25) is 4.99 Å². The first kappa shape index (κ1) is 14.3. The van der Waals surface area contributed by atoms with E-state index in [1.54, 1.807) is 0 Å². The van der Waals surface area contributed by atoms with Crippen molar-refractivity contribution in [2.24, 2.45) is 10.4 Å². The minimum atomic E-state index is 0.459. The van der Waals surface area contributed by atoms with E-state index >= 15 is 0 Å². The summed E-state index contributed by atoms with van der Waals surface area (Å²) in [5.74, 6) is 1.01. The number of rotatable bonds is 6. The van der Waals surface area contributed by atoms with Crippen LogP contribution in [0.5, 0.6) is 0 Å². The van der Waals surface area contributed by atoms with Gasteiger partial charge in [-0.05, 0) is 38.0 Å². The van der Waals surface area contributed by atoms with Crippen molar-refractivity contribution in [1.29, 1.82) is 0 Å². The highest BCUT2D eigenvalue weighted by Crippen LogP contribution is 2.21. The highest BCUT2D eigenvalue weighted by atomic mass is 15.2. The molecule has 17 heavy (non-hydrogen) atoms. The summed E-state index contributed by atoms with van der Waals surface area (Å²) in [7, 11) is 0. The maximum atomic E-state index is 4.61. The van der Waals surface area contributed by atoms with Crippen LogP contribution in [0.4, 0.5) is 0 Å². The highest BCUT2D eigenvalue weighted by molar-refractivity contribution is 5.80. The average molecular weight is 239 g/mol. The van der Waals surface area contributed by atoms with Gasteiger partial charge in [0, 0.05) is 19.1 Å². The van der Waals surface area contributed by atoms with Crippen molar-refractivity contribution < 1.29 is 0 Å². The van der Waals surface area contributed by atoms with Gasteiger partial charge in [0.2, 0.25) is 0 Å². The quantitative estimate of drug-likeness (QED) is 0.425. The molecular formula is C14H29N3. The smallest absolute Gasteiger partial charge is 0.191 e. The molecule has 0 spiro atoms. The van der Waals surface area contributed by atoms with Gasteiger partial charge in [0.1, 0.15) is 0 Å². The lowest BCUT2D eigenvalue weighted by Gasteiger charge is -2.17. The van der Waals surface area contributed by atoms with Gasteiger partial charge in [-0.25, -0.2) is 0 Å². The minimum Gasteiger partial charge on any atom is -0.357 e. The molecule has 0 saturated heterocycles. The summed E-state index contributed by atoms with van der Waals surface area (Å²) in [6, 6.07) is 0.683. The number of hydrogen-bond donors (Lipinski definition) is 2. The molecule has 3 nitrogen and oxygen atoms in total. The van der Waals surface area contributed by atoms with E-state index in [1.165, 1.54) is 32.1 Å². The molecule has 0 atom stereocenters. The zero-order chi connectivity index (χ0) is 12.7. The highest BCUT2D eigenvalue weighted by Gasteiger charge is 2.21. The predicted molar refractivity (Wildman–Crippen MR) is 75.4 cm³/mol. The fraction of sp³-hybridized carbons (Fsp3) is 0.929. The molecule has 1 saturated carbocycles. The molecule has 0 bridgehead atoms. The van der Waals surface area contributed by atoms with Crippen LogP contribution in [-0.4, -0.2) is 25.1 Å².